The molecule has 15 heavy (non-hydrogen) atoms. The summed E-state index contributed by atoms with van der Waals surface area (Å²) in [6, 6.07) is 5.78. The molecule has 0 fully saturated rings. The second-order valence-corrected chi connectivity index (χ2v) is 4.82. The lowest BCUT2D eigenvalue weighted by Gasteiger charge is -2.09. The summed E-state index contributed by atoms with van der Waals surface area (Å²) in [4.78, 5) is 0. The van der Waals surface area contributed by atoms with Crippen LogP contribution in [0.1, 0.15) is 18.9 Å². The second kappa shape index (κ2) is 6.62. The van der Waals surface area contributed by atoms with Crippen molar-refractivity contribution in [2.45, 2.75) is 20.3 Å². The van der Waals surface area contributed by atoms with Gasteiger partial charge < -0.3 is 10.5 Å². The monoisotopic (exact) mass is 225 g/mol. The summed E-state index contributed by atoms with van der Waals surface area (Å²) >= 11 is 1.95. The zero-order valence-corrected chi connectivity index (χ0v) is 10.3. The lowest BCUT2D eigenvalue weighted by Crippen LogP contribution is -2.01. The Morgan fingerprint density at radius 2 is 2.20 bits per heavy atom. The van der Waals surface area contributed by atoms with Gasteiger partial charge in [-0.1, -0.05) is 13.0 Å². The largest absolute Gasteiger partial charge is 0.493 e. The smallest absolute Gasteiger partial charge is 0.124 e. The van der Waals surface area contributed by atoms with Gasteiger partial charge in [-0.05, 0) is 36.5 Å². The van der Waals surface area contributed by atoms with Crippen molar-refractivity contribution >= 4 is 17.4 Å². The highest BCUT2D eigenvalue weighted by molar-refractivity contribution is 7.99. The number of hydrogen-bond donors (Lipinski definition) is 1. The molecule has 0 aromatic heterocycles. The standard InChI is InChI=1S/C12H19NOS/c1-3-15-8-4-7-14-12-9-11(13)6-5-10(12)2/h5-6,9H,3-4,7-8,13H2,1-2H3. The van der Waals surface area contributed by atoms with Gasteiger partial charge >= 0.3 is 0 Å². The highest BCUT2D eigenvalue weighted by atomic mass is 32.2. The summed E-state index contributed by atoms with van der Waals surface area (Å²) in [5.74, 6) is 3.26. The Balaban J connectivity index is 2.33. The maximum atomic E-state index is 5.70. The van der Waals surface area contributed by atoms with Crippen molar-refractivity contribution in [1.82, 2.24) is 0 Å². The van der Waals surface area contributed by atoms with Gasteiger partial charge in [0, 0.05) is 11.8 Å². The van der Waals surface area contributed by atoms with Gasteiger partial charge in [0.1, 0.15) is 5.75 Å². The average molecular weight is 225 g/mol. The molecule has 1 aromatic rings. The Bertz CT molecular complexity index is 302. The van der Waals surface area contributed by atoms with E-state index in [4.69, 9.17) is 10.5 Å². The number of hydrogen-bond acceptors (Lipinski definition) is 3. The van der Waals surface area contributed by atoms with E-state index in [1.807, 2.05) is 36.9 Å². The molecule has 0 aliphatic rings. The normalized spacial score (nSPS) is 10.3. The molecule has 0 unspecified atom stereocenters. The number of nitrogen functional groups attached to an aromatic ring is 1. The predicted octanol–water partition coefficient (Wildman–Crippen LogP) is 3.10. The van der Waals surface area contributed by atoms with E-state index in [2.05, 4.69) is 6.92 Å². The first-order valence-corrected chi connectivity index (χ1v) is 6.46. The van der Waals surface area contributed by atoms with Gasteiger partial charge in [0.15, 0.2) is 0 Å². The Morgan fingerprint density at radius 3 is 2.93 bits per heavy atom. The molecule has 0 amide bonds. The molecule has 0 radical (unpaired) electrons. The zero-order chi connectivity index (χ0) is 11.1. The van der Waals surface area contributed by atoms with Crippen LogP contribution in [0.15, 0.2) is 18.2 Å². The number of rotatable bonds is 6. The molecule has 1 rings (SSSR count). The molecule has 0 heterocycles. The van der Waals surface area contributed by atoms with Crippen molar-refractivity contribution in [3.8, 4) is 5.75 Å². The van der Waals surface area contributed by atoms with E-state index in [1.54, 1.807) is 0 Å². The summed E-state index contributed by atoms with van der Waals surface area (Å²) in [6.45, 7) is 4.99. The quantitative estimate of drug-likeness (QED) is 0.597. The molecule has 0 saturated heterocycles. The van der Waals surface area contributed by atoms with Gasteiger partial charge in [-0.15, -0.1) is 0 Å². The third kappa shape index (κ3) is 4.47. The zero-order valence-electron chi connectivity index (χ0n) is 9.45. The number of nitrogens with two attached hydrogens (primary N) is 1. The van der Waals surface area contributed by atoms with Gasteiger partial charge in [-0.2, -0.15) is 11.8 Å². The van der Waals surface area contributed by atoms with Crippen molar-refractivity contribution in [2.24, 2.45) is 0 Å². The molecular weight excluding hydrogens is 206 g/mol. The molecule has 84 valence electrons. The maximum absolute atomic E-state index is 5.70. The van der Waals surface area contributed by atoms with E-state index in [1.165, 1.54) is 5.75 Å². The van der Waals surface area contributed by atoms with Crippen LogP contribution in [0, 0.1) is 6.92 Å². The molecule has 2 nitrogen and oxygen atoms in total. The summed E-state index contributed by atoms with van der Waals surface area (Å²) in [6.07, 6.45) is 1.09. The minimum absolute atomic E-state index is 0.763. The molecule has 0 spiro atoms. The van der Waals surface area contributed by atoms with Crippen molar-refractivity contribution in [2.75, 3.05) is 23.8 Å². The number of benzene rings is 1. The lowest BCUT2D eigenvalue weighted by atomic mass is 10.2. The summed E-state index contributed by atoms with van der Waals surface area (Å²) in [5.41, 5.74) is 7.60. The molecule has 0 aliphatic heterocycles. The van der Waals surface area contributed by atoms with Crippen molar-refractivity contribution in [3.63, 3.8) is 0 Å². The molecule has 0 bridgehead atoms. The van der Waals surface area contributed by atoms with E-state index in [9.17, 15) is 0 Å². The predicted molar refractivity (Wildman–Crippen MR) is 68.7 cm³/mol. The van der Waals surface area contributed by atoms with E-state index in [-0.39, 0.29) is 0 Å². The minimum Gasteiger partial charge on any atom is -0.493 e. The van der Waals surface area contributed by atoms with Gasteiger partial charge in [-0.3, -0.25) is 0 Å². The third-order valence-electron chi connectivity index (χ3n) is 2.11. The fourth-order valence-electron chi connectivity index (χ4n) is 1.26. The number of ether oxygens (including phenoxy) is 1. The molecule has 3 heteroatoms. The van der Waals surface area contributed by atoms with Crippen molar-refractivity contribution in [1.29, 1.82) is 0 Å². The van der Waals surface area contributed by atoms with Crippen LogP contribution in [0.3, 0.4) is 0 Å². The molecule has 0 aliphatic carbocycles. The average Bonchev–Trinajstić information content (AvgIpc) is 2.23. The summed E-state index contributed by atoms with van der Waals surface area (Å²) in [5, 5.41) is 0. The molecular formula is C12H19NOS. The first kappa shape index (κ1) is 12.2. The fraction of sp³-hybridized carbons (Fsp3) is 0.500. The van der Waals surface area contributed by atoms with E-state index in [0.29, 0.717) is 0 Å². The van der Waals surface area contributed by atoms with Gasteiger partial charge in [0.2, 0.25) is 0 Å². The first-order chi connectivity index (χ1) is 7.24. The van der Waals surface area contributed by atoms with Crippen LogP contribution in [0.25, 0.3) is 0 Å². The Labute approximate surface area is 96.2 Å². The topological polar surface area (TPSA) is 35.2 Å². The van der Waals surface area contributed by atoms with Gasteiger partial charge in [0.05, 0.1) is 6.61 Å². The van der Waals surface area contributed by atoms with Crippen molar-refractivity contribution in [3.05, 3.63) is 23.8 Å². The van der Waals surface area contributed by atoms with E-state index >= 15 is 0 Å². The third-order valence-corrected chi connectivity index (χ3v) is 3.09. The number of thioether (sulfide) groups is 1. The molecule has 0 saturated carbocycles. The van der Waals surface area contributed by atoms with Gasteiger partial charge in [0.25, 0.3) is 0 Å². The minimum atomic E-state index is 0.763. The first-order valence-electron chi connectivity index (χ1n) is 5.30. The summed E-state index contributed by atoms with van der Waals surface area (Å²) < 4.78 is 5.67. The maximum Gasteiger partial charge on any atom is 0.124 e. The van der Waals surface area contributed by atoms with Crippen LogP contribution in [0.5, 0.6) is 5.75 Å². The van der Waals surface area contributed by atoms with Crippen LogP contribution in [-0.2, 0) is 0 Å². The van der Waals surface area contributed by atoms with E-state index in [0.717, 1.165) is 35.8 Å². The van der Waals surface area contributed by atoms with Crippen LogP contribution in [0.2, 0.25) is 0 Å². The van der Waals surface area contributed by atoms with Crippen molar-refractivity contribution < 1.29 is 4.74 Å². The fourth-order valence-corrected chi connectivity index (χ4v) is 1.87. The highest BCUT2D eigenvalue weighted by Crippen LogP contribution is 2.20. The Morgan fingerprint density at radius 1 is 1.40 bits per heavy atom. The lowest BCUT2D eigenvalue weighted by molar-refractivity contribution is 0.317. The van der Waals surface area contributed by atoms with Crippen LogP contribution in [0.4, 0.5) is 5.69 Å². The highest BCUT2D eigenvalue weighted by Gasteiger charge is 1.99. The second-order valence-electron chi connectivity index (χ2n) is 3.42. The summed E-state index contributed by atoms with van der Waals surface area (Å²) in [7, 11) is 0. The molecule has 0 atom stereocenters. The SMILES string of the molecule is CCSCCCOc1cc(N)ccc1C. The number of anilines is 1. The van der Waals surface area contributed by atoms with E-state index < -0.39 is 0 Å². The molecule has 1 aromatic carbocycles. The number of aryl methyl sites for hydroxylation is 1. The van der Waals surface area contributed by atoms with Crippen LogP contribution in [-0.4, -0.2) is 18.1 Å². The van der Waals surface area contributed by atoms with Crippen LogP contribution >= 0.6 is 11.8 Å². The molecule has 2 N–H and O–H groups in total. The Hall–Kier alpha value is -0.830. The van der Waals surface area contributed by atoms with Crippen LogP contribution < -0.4 is 10.5 Å². The Kier molecular flexibility index (Phi) is 5.40. The van der Waals surface area contributed by atoms with Gasteiger partial charge in [-0.25, -0.2) is 0 Å².